The smallest absolute Gasteiger partial charge is 0.394 e. The highest BCUT2D eigenvalue weighted by molar-refractivity contribution is 7.18. The van der Waals surface area contributed by atoms with Gasteiger partial charge in [0.1, 0.15) is 10.5 Å². The molecule has 0 aliphatic rings. The lowest BCUT2D eigenvalue weighted by Crippen LogP contribution is -2.21. The van der Waals surface area contributed by atoms with Gasteiger partial charge in [0.25, 0.3) is 0 Å². The Morgan fingerprint density at radius 2 is 1.71 bits per heavy atom. The molecule has 3 N–H and O–H groups in total. The number of nitrogens with zero attached hydrogens (tertiary/aromatic N) is 3. The summed E-state index contributed by atoms with van der Waals surface area (Å²) in [7, 11) is 0. The van der Waals surface area contributed by atoms with Crippen molar-refractivity contribution in [3.63, 3.8) is 0 Å². The largest absolute Gasteiger partial charge is 0.416 e. The molecule has 0 aliphatic heterocycles. The van der Waals surface area contributed by atoms with Crippen molar-refractivity contribution in [1.29, 1.82) is 0 Å². The van der Waals surface area contributed by atoms with E-state index in [0.717, 1.165) is 17.7 Å². The highest BCUT2D eigenvalue weighted by Gasteiger charge is 2.30. The van der Waals surface area contributed by atoms with E-state index < -0.39 is 11.7 Å². The van der Waals surface area contributed by atoms with Crippen molar-refractivity contribution in [3.05, 3.63) is 68.6 Å². The summed E-state index contributed by atoms with van der Waals surface area (Å²) < 4.78 is 38.7. The van der Waals surface area contributed by atoms with Gasteiger partial charge < -0.3 is 15.7 Å². The average Bonchev–Trinajstić information content (AvgIpc) is 3.19. The zero-order valence-corrected chi connectivity index (χ0v) is 19.9. The molecule has 0 aliphatic carbocycles. The van der Waals surface area contributed by atoms with Crippen molar-refractivity contribution in [1.82, 2.24) is 15.0 Å². The first-order chi connectivity index (χ1) is 16.1. The van der Waals surface area contributed by atoms with E-state index in [1.54, 1.807) is 25.1 Å². The molecular weight excluding hydrogens is 510 g/mol. The van der Waals surface area contributed by atoms with E-state index in [1.165, 1.54) is 23.5 Å². The van der Waals surface area contributed by atoms with Gasteiger partial charge >= 0.3 is 6.18 Å². The third kappa shape index (κ3) is 5.52. The minimum atomic E-state index is -4.43. The first-order valence-electron chi connectivity index (χ1n) is 10.1. The molecule has 1 unspecified atom stereocenters. The van der Waals surface area contributed by atoms with Crippen LogP contribution in [0.25, 0.3) is 10.3 Å². The molecule has 0 radical (unpaired) electrons. The van der Waals surface area contributed by atoms with Crippen molar-refractivity contribution in [3.8, 4) is 0 Å². The standard InChI is InChI=1S/C22H18Cl2F3N5OS/c1-11(10-33)28-21-31-19(29-13-7-5-12(6-8-13)22(25,26)27)18-20(32-21)34-17(30-18)9-14-15(23)3-2-4-16(14)24/h2-8,11,33H,9-10H2,1H3,(H2,28,29,31,32). The van der Waals surface area contributed by atoms with Gasteiger partial charge in [-0.2, -0.15) is 18.2 Å². The summed E-state index contributed by atoms with van der Waals surface area (Å²) in [5, 5.41) is 17.1. The number of benzene rings is 2. The molecule has 2 aromatic heterocycles. The molecule has 2 aromatic carbocycles. The van der Waals surface area contributed by atoms with Gasteiger partial charge in [0.2, 0.25) is 5.95 Å². The van der Waals surface area contributed by atoms with Crippen molar-refractivity contribution >= 4 is 62.3 Å². The number of anilines is 3. The number of alkyl halides is 3. The second-order valence-corrected chi connectivity index (χ2v) is 9.34. The summed E-state index contributed by atoms with van der Waals surface area (Å²) in [6, 6.07) is 9.53. The highest BCUT2D eigenvalue weighted by Crippen LogP contribution is 2.34. The summed E-state index contributed by atoms with van der Waals surface area (Å²) >= 11 is 13.9. The maximum absolute atomic E-state index is 12.9. The molecule has 34 heavy (non-hydrogen) atoms. The lowest BCUT2D eigenvalue weighted by Gasteiger charge is -2.13. The second-order valence-electron chi connectivity index (χ2n) is 7.46. The summed E-state index contributed by atoms with van der Waals surface area (Å²) in [6.45, 7) is 1.62. The van der Waals surface area contributed by atoms with Gasteiger partial charge in [-0.15, -0.1) is 0 Å². The average molecular weight is 528 g/mol. The summed E-state index contributed by atoms with van der Waals surface area (Å²) in [4.78, 5) is 14.1. The first-order valence-corrected chi connectivity index (χ1v) is 11.6. The summed E-state index contributed by atoms with van der Waals surface area (Å²) in [5.74, 6) is 0.555. The molecule has 4 rings (SSSR count). The molecule has 0 fully saturated rings. The second kappa shape index (κ2) is 9.91. The Hall–Kier alpha value is -2.66. The van der Waals surface area contributed by atoms with Crippen LogP contribution in [0.3, 0.4) is 0 Å². The van der Waals surface area contributed by atoms with Crippen LogP contribution in [0.2, 0.25) is 10.0 Å². The van der Waals surface area contributed by atoms with E-state index >= 15 is 0 Å². The fraction of sp³-hybridized carbons (Fsp3) is 0.227. The van der Waals surface area contributed by atoms with Crippen molar-refractivity contribution in [2.24, 2.45) is 0 Å². The molecule has 0 bridgehead atoms. The molecule has 0 saturated heterocycles. The predicted molar refractivity (Wildman–Crippen MR) is 129 cm³/mol. The minimum absolute atomic E-state index is 0.137. The van der Waals surface area contributed by atoms with Crippen LogP contribution in [-0.2, 0) is 12.6 Å². The number of halogens is 5. The predicted octanol–water partition coefficient (Wildman–Crippen LogP) is 6.54. The fourth-order valence-electron chi connectivity index (χ4n) is 3.09. The number of aromatic nitrogens is 3. The van der Waals surface area contributed by atoms with E-state index in [-0.39, 0.29) is 18.6 Å². The highest BCUT2D eigenvalue weighted by atomic mass is 35.5. The number of rotatable bonds is 7. The van der Waals surface area contributed by atoms with Gasteiger partial charge in [-0.3, -0.25) is 0 Å². The molecule has 0 saturated carbocycles. The minimum Gasteiger partial charge on any atom is -0.394 e. The molecule has 1 atom stereocenters. The Morgan fingerprint density at radius 3 is 2.32 bits per heavy atom. The molecular formula is C22H18Cl2F3N5OS. The Bertz CT molecular complexity index is 1290. The number of aliphatic hydroxyl groups is 1. The van der Waals surface area contributed by atoms with Crippen LogP contribution in [0, 0.1) is 0 Å². The monoisotopic (exact) mass is 527 g/mol. The van der Waals surface area contributed by atoms with Gasteiger partial charge in [0.05, 0.1) is 12.2 Å². The van der Waals surface area contributed by atoms with Crippen LogP contribution < -0.4 is 10.6 Å². The Labute approximate surface area is 206 Å². The molecule has 4 aromatic rings. The van der Waals surface area contributed by atoms with Crippen molar-refractivity contribution in [2.45, 2.75) is 25.6 Å². The molecule has 178 valence electrons. The SMILES string of the molecule is CC(CO)Nc1nc(Nc2ccc(C(F)(F)F)cc2)c2nc(Cc3c(Cl)cccc3Cl)sc2n1. The van der Waals surface area contributed by atoms with Gasteiger partial charge in [-0.05, 0) is 48.9 Å². The summed E-state index contributed by atoms with van der Waals surface area (Å²) in [5.41, 5.74) is 0.822. The number of fused-ring (bicyclic) bond motifs is 1. The Balaban J connectivity index is 1.72. The van der Waals surface area contributed by atoms with Gasteiger partial charge in [-0.1, -0.05) is 40.6 Å². The van der Waals surface area contributed by atoms with Crippen LogP contribution in [0.15, 0.2) is 42.5 Å². The van der Waals surface area contributed by atoms with Gasteiger partial charge in [-0.25, -0.2) is 9.97 Å². The number of hydrogen-bond acceptors (Lipinski definition) is 7. The van der Waals surface area contributed by atoms with Crippen LogP contribution in [-0.4, -0.2) is 32.7 Å². The van der Waals surface area contributed by atoms with Crippen molar-refractivity contribution < 1.29 is 18.3 Å². The maximum atomic E-state index is 12.9. The van der Waals surface area contributed by atoms with E-state index in [9.17, 15) is 18.3 Å². The zero-order chi connectivity index (χ0) is 24.5. The topological polar surface area (TPSA) is 83.0 Å². The quantitative estimate of drug-likeness (QED) is 0.253. The third-order valence-electron chi connectivity index (χ3n) is 4.82. The van der Waals surface area contributed by atoms with E-state index in [4.69, 9.17) is 23.2 Å². The van der Waals surface area contributed by atoms with Gasteiger partial charge in [0.15, 0.2) is 10.6 Å². The first kappa shape index (κ1) is 24.5. The normalized spacial score (nSPS) is 12.7. The number of aliphatic hydroxyl groups excluding tert-OH is 1. The summed E-state index contributed by atoms with van der Waals surface area (Å²) in [6.07, 6.45) is -4.06. The Morgan fingerprint density at radius 1 is 1.03 bits per heavy atom. The maximum Gasteiger partial charge on any atom is 0.416 e. The lowest BCUT2D eigenvalue weighted by molar-refractivity contribution is -0.137. The fourth-order valence-corrected chi connectivity index (χ4v) is 4.57. The van der Waals surface area contributed by atoms with Crippen LogP contribution >= 0.6 is 34.5 Å². The van der Waals surface area contributed by atoms with E-state index in [1.807, 2.05) is 0 Å². The molecule has 0 amide bonds. The van der Waals surface area contributed by atoms with Crippen LogP contribution in [0.5, 0.6) is 0 Å². The zero-order valence-electron chi connectivity index (χ0n) is 17.6. The number of nitrogens with one attached hydrogen (secondary N) is 2. The van der Waals surface area contributed by atoms with E-state index in [0.29, 0.717) is 43.3 Å². The van der Waals surface area contributed by atoms with Crippen LogP contribution in [0.1, 0.15) is 23.1 Å². The van der Waals surface area contributed by atoms with Crippen LogP contribution in [0.4, 0.5) is 30.6 Å². The van der Waals surface area contributed by atoms with Crippen molar-refractivity contribution in [2.75, 3.05) is 17.2 Å². The van der Waals surface area contributed by atoms with Gasteiger partial charge in [0, 0.05) is 28.2 Å². The Kier molecular flexibility index (Phi) is 7.13. The number of hydrogen-bond donors (Lipinski definition) is 3. The molecule has 12 heteroatoms. The third-order valence-corrected chi connectivity index (χ3v) is 6.47. The molecule has 6 nitrogen and oxygen atoms in total. The van der Waals surface area contributed by atoms with E-state index in [2.05, 4.69) is 25.6 Å². The molecule has 2 heterocycles. The lowest BCUT2D eigenvalue weighted by atomic mass is 10.1. The number of thiazole rings is 1. The molecule has 0 spiro atoms.